The summed E-state index contributed by atoms with van der Waals surface area (Å²) < 4.78 is 0. The van der Waals surface area contributed by atoms with E-state index < -0.39 is 0 Å². The van der Waals surface area contributed by atoms with Crippen LogP contribution in [0.4, 0.5) is 0 Å². The fraction of sp³-hybridized carbons (Fsp3) is 0.812. The molecule has 1 unspecified atom stereocenters. The van der Waals surface area contributed by atoms with E-state index in [0.29, 0.717) is 11.7 Å². The molecular formula is C32H58O. The molecule has 0 saturated heterocycles. The molecule has 0 radical (unpaired) electrons. The van der Waals surface area contributed by atoms with Crippen molar-refractivity contribution in [2.45, 2.75) is 163 Å². The first-order valence-electron chi connectivity index (χ1n) is 14.7. The van der Waals surface area contributed by atoms with Crippen LogP contribution in [0.15, 0.2) is 6.07 Å². The van der Waals surface area contributed by atoms with Crippen LogP contribution in [0.3, 0.4) is 0 Å². The van der Waals surface area contributed by atoms with Crippen molar-refractivity contribution in [1.29, 1.82) is 0 Å². The summed E-state index contributed by atoms with van der Waals surface area (Å²) in [5.41, 5.74) is 5.08. The van der Waals surface area contributed by atoms with Crippen LogP contribution < -0.4 is 0 Å². The zero-order chi connectivity index (χ0) is 24.5. The fourth-order valence-electron chi connectivity index (χ4n) is 5.28. The predicted molar refractivity (Wildman–Crippen MR) is 149 cm³/mol. The van der Waals surface area contributed by atoms with E-state index >= 15 is 0 Å². The Kier molecular flexibility index (Phi) is 16.7. The third-order valence-corrected chi connectivity index (χ3v) is 7.66. The highest BCUT2D eigenvalue weighted by atomic mass is 16.3. The van der Waals surface area contributed by atoms with Gasteiger partial charge in [0.25, 0.3) is 0 Å². The molecule has 192 valence electrons. The molecule has 0 amide bonds. The molecule has 0 saturated carbocycles. The van der Waals surface area contributed by atoms with Crippen LogP contribution in [0.2, 0.25) is 0 Å². The molecule has 1 aromatic rings. The van der Waals surface area contributed by atoms with E-state index in [1.54, 1.807) is 0 Å². The van der Waals surface area contributed by atoms with Gasteiger partial charge in [-0.2, -0.15) is 0 Å². The van der Waals surface area contributed by atoms with E-state index in [2.05, 4.69) is 47.6 Å². The van der Waals surface area contributed by atoms with E-state index in [4.69, 9.17) is 0 Å². The topological polar surface area (TPSA) is 20.2 Å². The molecule has 0 fully saturated rings. The smallest absolute Gasteiger partial charge is 0.122 e. The number of hydrogen-bond acceptors (Lipinski definition) is 1. The average Bonchev–Trinajstić information content (AvgIpc) is 2.78. The van der Waals surface area contributed by atoms with Gasteiger partial charge in [-0.1, -0.05) is 130 Å². The van der Waals surface area contributed by atoms with Gasteiger partial charge in [0.15, 0.2) is 0 Å². The first-order valence-corrected chi connectivity index (χ1v) is 14.7. The van der Waals surface area contributed by atoms with Gasteiger partial charge in [-0.25, -0.2) is 0 Å². The van der Waals surface area contributed by atoms with Crippen LogP contribution in [-0.2, 0) is 6.42 Å². The van der Waals surface area contributed by atoms with Crippen molar-refractivity contribution in [3.63, 3.8) is 0 Å². The minimum absolute atomic E-state index is 0.450. The third kappa shape index (κ3) is 12.9. The molecule has 0 spiro atoms. The van der Waals surface area contributed by atoms with Crippen molar-refractivity contribution in [1.82, 2.24) is 0 Å². The van der Waals surface area contributed by atoms with Crippen LogP contribution in [0.5, 0.6) is 5.75 Å². The molecule has 1 nitrogen and oxygen atoms in total. The molecule has 0 aliphatic rings. The molecule has 1 N–H and O–H groups in total. The summed E-state index contributed by atoms with van der Waals surface area (Å²) in [4.78, 5) is 0. The zero-order valence-corrected chi connectivity index (χ0v) is 23.4. The Labute approximate surface area is 208 Å². The highest BCUT2D eigenvalue weighted by Gasteiger charge is 2.16. The zero-order valence-electron chi connectivity index (χ0n) is 23.4. The first-order chi connectivity index (χ1) is 15.9. The number of unbranched alkanes of at least 4 members (excludes halogenated alkanes) is 13. The number of benzene rings is 1. The van der Waals surface area contributed by atoms with Gasteiger partial charge in [-0.15, -0.1) is 0 Å². The standard InChI is InChI=1S/C32H58O/c1-7-8-9-10-11-12-13-14-15-16-17-20-23-27(4)31-25-28(5)30(29(6)32(31)33)24-21-18-19-22-26(2)3/h25-27,33H,7-24H2,1-6H3. The van der Waals surface area contributed by atoms with E-state index in [0.717, 1.165) is 17.9 Å². The van der Waals surface area contributed by atoms with Gasteiger partial charge in [0.05, 0.1) is 0 Å². The van der Waals surface area contributed by atoms with Crippen molar-refractivity contribution >= 4 is 0 Å². The summed E-state index contributed by atoms with van der Waals surface area (Å²) in [6, 6.07) is 2.29. The van der Waals surface area contributed by atoms with Crippen molar-refractivity contribution in [2.75, 3.05) is 0 Å². The Morgan fingerprint density at radius 2 is 1.15 bits per heavy atom. The SMILES string of the molecule is CCCCCCCCCCCCCCC(C)c1cc(C)c(CCCCCC(C)C)c(C)c1O. The molecule has 0 bridgehead atoms. The molecule has 1 heteroatoms. The lowest BCUT2D eigenvalue weighted by atomic mass is 9.87. The van der Waals surface area contributed by atoms with E-state index in [1.807, 2.05) is 0 Å². The molecule has 33 heavy (non-hydrogen) atoms. The Morgan fingerprint density at radius 3 is 1.70 bits per heavy atom. The van der Waals surface area contributed by atoms with Crippen molar-refractivity contribution in [3.8, 4) is 5.75 Å². The molecule has 0 aliphatic carbocycles. The normalized spacial score (nSPS) is 12.6. The summed E-state index contributed by atoms with van der Waals surface area (Å²) >= 11 is 0. The Morgan fingerprint density at radius 1 is 0.667 bits per heavy atom. The summed E-state index contributed by atoms with van der Waals surface area (Å²) in [5.74, 6) is 1.83. The van der Waals surface area contributed by atoms with E-state index in [-0.39, 0.29) is 0 Å². The Hall–Kier alpha value is -0.980. The summed E-state index contributed by atoms with van der Waals surface area (Å²) in [6.45, 7) is 13.6. The highest BCUT2D eigenvalue weighted by Crippen LogP contribution is 2.36. The lowest BCUT2D eigenvalue weighted by molar-refractivity contribution is 0.451. The maximum atomic E-state index is 10.9. The van der Waals surface area contributed by atoms with E-state index in [9.17, 15) is 5.11 Å². The molecular weight excluding hydrogens is 400 g/mol. The predicted octanol–water partition coefficient (Wildman–Crippen LogP) is 11.0. The minimum atomic E-state index is 0.450. The maximum absolute atomic E-state index is 10.9. The van der Waals surface area contributed by atoms with Crippen LogP contribution in [-0.4, -0.2) is 5.11 Å². The lowest BCUT2D eigenvalue weighted by Crippen LogP contribution is -2.02. The van der Waals surface area contributed by atoms with Gasteiger partial charge < -0.3 is 5.11 Å². The maximum Gasteiger partial charge on any atom is 0.122 e. The fourth-order valence-corrected chi connectivity index (χ4v) is 5.28. The van der Waals surface area contributed by atoms with Crippen LogP contribution in [0.25, 0.3) is 0 Å². The molecule has 0 heterocycles. The molecule has 1 aromatic carbocycles. The van der Waals surface area contributed by atoms with Gasteiger partial charge in [-0.05, 0) is 67.2 Å². The monoisotopic (exact) mass is 458 g/mol. The quantitative estimate of drug-likeness (QED) is 0.193. The first kappa shape index (κ1) is 30.1. The van der Waals surface area contributed by atoms with Gasteiger partial charge >= 0.3 is 0 Å². The average molecular weight is 459 g/mol. The number of phenols is 1. The third-order valence-electron chi connectivity index (χ3n) is 7.66. The van der Waals surface area contributed by atoms with Crippen LogP contribution >= 0.6 is 0 Å². The van der Waals surface area contributed by atoms with Crippen LogP contribution in [0, 0.1) is 19.8 Å². The second-order valence-corrected chi connectivity index (χ2v) is 11.3. The summed E-state index contributed by atoms with van der Waals surface area (Å²) in [5, 5.41) is 10.9. The number of rotatable bonds is 20. The van der Waals surface area contributed by atoms with Crippen molar-refractivity contribution in [2.24, 2.45) is 5.92 Å². The van der Waals surface area contributed by atoms with Crippen molar-refractivity contribution in [3.05, 3.63) is 28.3 Å². The van der Waals surface area contributed by atoms with E-state index in [1.165, 1.54) is 126 Å². The summed E-state index contributed by atoms with van der Waals surface area (Å²) in [7, 11) is 0. The molecule has 1 atom stereocenters. The second-order valence-electron chi connectivity index (χ2n) is 11.3. The van der Waals surface area contributed by atoms with Gasteiger partial charge in [0, 0.05) is 0 Å². The van der Waals surface area contributed by atoms with Gasteiger partial charge in [-0.3, -0.25) is 0 Å². The van der Waals surface area contributed by atoms with Crippen molar-refractivity contribution < 1.29 is 5.11 Å². The van der Waals surface area contributed by atoms with Gasteiger partial charge in [0.1, 0.15) is 5.75 Å². The summed E-state index contributed by atoms with van der Waals surface area (Å²) in [6.07, 6.45) is 24.3. The highest BCUT2D eigenvalue weighted by molar-refractivity contribution is 5.50. The second kappa shape index (κ2) is 18.4. The Bertz CT molecular complexity index is 615. The molecule has 0 aromatic heterocycles. The Balaban J connectivity index is 2.29. The lowest BCUT2D eigenvalue weighted by Gasteiger charge is -2.20. The number of aromatic hydroxyl groups is 1. The largest absolute Gasteiger partial charge is 0.507 e. The number of hydrogen-bond donors (Lipinski definition) is 1. The van der Waals surface area contributed by atoms with Crippen LogP contribution in [0.1, 0.15) is 165 Å². The van der Waals surface area contributed by atoms with Gasteiger partial charge in [0.2, 0.25) is 0 Å². The molecule has 1 rings (SSSR count). The minimum Gasteiger partial charge on any atom is -0.507 e. The number of aryl methyl sites for hydroxylation is 1. The molecule has 0 aliphatic heterocycles. The number of phenolic OH excluding ortho intramolecular Hbond substituents is 1.